The van der Waals surface area contributed by atoms with Crippen LogP contribution in [-0.2, 0) is 7.05 Å². The SMILES string of the molecule is COc1ccc(N2CC3(C2)CN(c2ccc(-c4nccn4C)nn2)C3)cc1. The highest BCUT2D eigenvalue weighted by Gasteiger charge is 2.52. The summed E-state index contributed by atoms with van der Waals surface area (Å²) in [5.74, 6) is 2.68. The van der Waals surface area contributed by atoms with E-state index in [0.717, 1.165) is 49.3 Å². The van der Waals surface area contributed by atoms with Crippen LogP contribution < -0.4 is 14.5 Å². The molecule has 0 atom stereocenters. The molecule has 1 aromatic carbocycles. The maximum Gasteiger partial charge on any atom is 0.160 e. The molecule has 2 aliphatic rings. The summed E-state index contributed by atoms with van der Waals surface area (Å²) in [6.07, 6.45) is 3.69. The van der Waals surface area contributed by atoms with Crippen molar-refractivity contribution in [1.82, 2.24) is 19.7 Å². The second-order valence-corrected chi connectivity index (χ2v) is 7.55. The van der Waals surface area contributed by atoms with Crippen LogP contribution in [0, 0.1) is 5.41 Å². The number of aromatic nitrogens is 4. The minimum atomic E-state index is 0.389. The van der Waals surface area contributed by atoms with E-state index in [4.69, 9.17) is 4.74 Å². The molecule has 0 amide bonds. The highest BCUT2D eigenvalue weighted by molar-refractivity contribution is 5.56. The molecular formula is C20H22N6O. The van der Waals surface area contributed by atoms with Gasteiger partial charge in [0.1, 0.15) is 11.4 Å². The first kappa shape index (κ1) is 16.1. The fourth-order valence-electron chi connectivity index (χ4n) is 4.09. The Morgan fingerprint density at radius 1 is 0.926 bits per heavy atom. The van der Waals surface area contributed by atoms with Gasteiger partial charge in [0.25, 0.3) is 0 Å². The minimum absolute atomic E-state index is 0.389. The van der Waals surface area contributed by atoms with Crippen LogP contribution in [-0.4, -0.2) is 53.0 Å². The Kier molecular flexibility index (Phi) is 3.56. The third-order valence-corrected chi connectivity index (χ3v) is 5.57. The lowest BCUT2D eigenvalue weighted by molar-refractivity contribution is 0.155. The molecule has 2 fully saturated rings. The molecule has 0 unspecified atom stereocenters. The number of ether oxygens (including phenoxy) is 1. The second kappa shape index (κ2) is 5.97. The van der Waals surface area contributed by atoms with Gasteiger partial charge in [-0.25, -0.2) is 4.98 Å². The average molecular weight is 362 g/mol. The molecule has 138 valence electrons. The van der Waals surface area contributed by atoms with Crippen molar-refractivity contribution < 1.29 is 4.74 Å². The molecule has 27 heavy (non-hydrogen) atoms. The van der Waals surface area contributed by atoms with Crippen LogP contribution in [0.1, 0.15) is 0 Å². The van der Waals surface area contributed by atoms with Gasteiger partial charge >= 0.3 is 0 Å². The van der Waals surface area contributed by atoms with Crippen molar-refractivity contribution in [2.24, 2.45) is 12.5 Å². The third kappa shape index (κ3) is 2.70. The number of benzene rings is 1. The lowest BCUT2D eigenvalue weighted by atomic mass is 9.72. The van der Waals surface area contributed by atoms with Gasteiger partial charge in [0.15, 0.2) is 11.6 Å². The molecule has 1 spiro atoms. The van der Waals surface area contributed by atoms with E-state index in [1.165, 1.54) is 5.69 Å². The highest BCUT2D eigenvalue weighted by atomic mass is 16.5. The topological polar surface area (TPSA) is 59.3 Å². The van der Waals surface area contributed by atoms with E-state index in [9.17, 15) is 0 Å². The summed E-state index contributed by atoms with van der Waals surface area (Å²) in [5.41, 5.74) is 2.45. The van der Waals surface area contributed by atoms with Crippen molar-refractivity contribution >= 4 is 11.5 Å². The van der Waals surface area contributed by atoms with Gasteiger partial charge in [-0.05, 0) is 36.4 Å². The van der Waals surface area contributed by atoms with Crippen LogP contribution in [0.2, 0.25) is 0 Å². The van der Waals surface area contributed by atoms with Gasteiger partial charge in [-0.15, -0.1) is 10.2 Å². The highest BCUT2D eigenvalue weighted by Crippen LogP contribution is 2.43. The van der Waals surface area contributed by atoms with E-state index in [0.29, 0.717) is 5.41 Å². The Labute approximate surface area is 158 Å². The van der Waals surface area contributed by atoms with Crippen LogP contribution in [0.15, 0.2) is 48.8 Å². The summed E-state index contributed by atoms with van der Waals surface area (Å²) in [5, 5.41) is 8.77. The van der Waals surface area contributed by atoms with E-state index in [-0.39, 0.29) is 0 Å². The summed E-state index contributed by atoms with van der Waals surface area (Å²) in [6, 6.07) is 12.3. The number of anilines is 2. The van der Waals surface area contributed by atoms with E-state index < -0.39 is 0 Å². The number of nitrogens with zero attached hydrogens (tertiary/aromatic N) is 6. The largest absolute Gasteiger partial charge is 0.497 e. The van der Waals surface area contributed by atoms with Gasteiger partial charge in [-0.1, -0.05) is 0 Å². The number of methoxy groups -OCH3 is 1. The fourth-order valence-corrected chi connectivity index (χ4v) is 4.09. The van der Waals surface area contributed by atoms with Gasteiger partial charge < -0.3 is 19.1 Å². The quantitative estimate of drug-likeness (QED) is 0.709. The van der Waals surface area contributed by atoms with E-state index in [1.54, 1.807) is 13.3 Å². The molecule has 7 nitrogen and oxygen atoms in total. The smallest absolute Gasteiger partial charge is 0.160 e. The maximum absolute atomic E-state index is 5.23. The van der Waals surface area contributed by atoms with Crippen molar-refractivity contribution in [1.29, 1.82) is 0 Å². The van der Waals surface area contributed by atoms with Crippen LogP contribution in [0.4, 0.5) is 11.5 Å². The van der Waals surface area contributed by atoms with Gasteiger partial charge in [-0.2, -0.15) is 0 Å². The Hall–Kier alpha value is -3.09. The summed E-state index contributed by atoms with van der Waals surface area (Å²) in [7, 11) is 3.66. The molecular weight excluding hydrogens is 340 g/mol. The first-order chi connectivity index (χ1) is 13.2. The average Bonchev–Trinajstić information content (AvgIpc) is 3.06. The van der Waals surface area contributed by atoms with Gasteiger partial charge in [0, 0.05) is 56.7 Å². The lowest BCUT2D eigenvalue weighted by Crippen LogP contribution is -2.72. The van der Waals surface area contributed by atoms with E-state index in [2.05, 4.69) is 37.1 Å². The van der Waals surface area contributed by atoms with E-state index in [1.807, 2.05) is 42.1 Å². The molecule has 2 aliphatic heterocycles. The Balaban J connectivity index is 1.19. The normalized spacial score (nSPS) is 17.6. The summed E-state index contributed by atoms with van der Waals surface area (Å²) in [6.45, 7) is 4.26. The summed E-state index contributed by atoms with van der Waals surface area (Å²) in [4.78, 5) is 9.05. The number of aryl methyl sites for hydroxylation is 1. The zero-order chi connectivity index (χ0) is 18.4. The van der Waals surface area contributed by atoms with Gasteiger partial charge in [0.2, 0.25) is 0 Å². The molecule has 0 N–H and O–H groups in total. The molecule has 0 aliphatic carbocycles. The molecule has 0 saturated carbocycles. The van der Waals surface area contributed by atoms with Crippen LogP contribution in [0.3, 0.4) is 0 Å². The van der Waals surface area contributed by atoms with Gasteiger partial charge in [0.05, 0.1) is 7.11 Å². The fraction of sp³-hybridized carbons (Fsp3) is 0.350. The Morgan fingerprint density at radius 3 is 2.26 bits per heavy atom. The van der Waals surface area contributed by atoms with Crippen molar-refractivity contribution in [2.45, 2.75) is 0 Å². The standard InChI is InChI=1S/C20H22N6O/c1-24-10-9-21-19(24)17-7-8-18(23-22-17)26-13-20(14-26)11-25(12-20)15-3-5-16(27-2)6-4-15/h3-10H,11-14H2,1-2H3. The Bertz CT molecular complexity index is 935. The number of hydrogen-bond acceptors (Lipinski definition) is 6. The monoisotopic (exact) mass is 362 g/mol. The molecule has 7 heteroatoms. The predicted octanol–water partition coefficient (Wildman–Crippen LogP) is 2.21. The zero-order valence-electron chi connectivity index (χ0n) is 15.5. The summed E-state index contributed by atoms with van der Waals surface area (Å²) >= 11 is 0. The third-order valence-electron chi connectivity index (χ3n) is 5.57. The number of rotatable bonds is 4. The van der Waals surface area contributed by atoms with Crippen LogP contribution in [0.25, 0.3) is 11.5 Å². The van der Waals surface area contributed by atoms with Crippen molar-refractivity contribution in [2.75, 3.05) is 43.1 Å². The molecule has 2 aromatic heterocycles. The zero-order valence-corrected chi connectivity index (χ0v) is 15.5. The molecule has 0 radical (unpaired) electrons. The predicted molar refractivity (Wildman–Crippen MR) is 104 cm³/mol. The second-order valence-electron chi connectivity index (χ2n) is 7.55. The van der Waals surface area contributed by atoms with Crippen molar-refractivity contribution in [3.8, 4) is 17.3 Å². The lowest BCUT2D eigenvalue weighted by Gasteiger charge is -2.61. The Morgan fingerprint density at radius 2 is 1.67 bits per heavy atom. The van der Waals surface area contributed by atoms with Crippen molar-refractivity contribution in [3.05, 3.63) is 48.8 Å². The molecule has 5 rings (SSSR count). The van der Waals surface area contributed by atoms with Gasteiger partial charge in [-0.3, -0.25) is 0 Å². The number of imidazole rings is 1. The summed E-state index contributed by atoms with van der Waals surface area (Å²) < 4.78 is 7.18. The first-order valence-corrected chi connectivity index (χ1v) is 9.11. The minimum Gasteiger partial charge on any atom is -0.497 e. The molecule has 0 bridgehead atoms. The maximum atomic E-state index is 5.23. The molecule has 4 heterocycles. The first-order valence-electron chi connectivity index (χ1n) is 9.11. The van der Waals surface area contributed by atoms with E-state index >= 15 is 0 Å². The molecule has 2 saturated heterocycles. The number of hydrogen-bond donors (Lipinski definition) is 0. The van der Waals surface area contributed by atoms with Crippen molar-refractivity contribution in [3.63, 3.8) is 0 Å². The van der Waals surface area contributed by atoms with Crippen LogP contribution in [0.5, 0.6) is 5.75 Å². The molecule has 3 aromatic rings. The van der Waals surface area contributed by atoms with Crippen LogP contribution >= 0.6 is 0 Å².